The maximum Gasteiger partial charge on any atom is 0.338 e. The molecule has 1 aromatic carbocycles. The molecule has 2 aliphatic rings. The van der Waals surface area contributed by atoms with Crippen molar-refractivity contribution in [2.45, 2.75) is 19.4 Å². The van der Waals surface area contributed by atoms with E-state index in [-0.39, 0.29) is 11.6 Å². The molecule has 0 aliphatic carbocycles. The fourth-order valence-electron chi connectivity index (χ4n) is 3.87. The highest BCUT2D eigenvalue weighted by Gasteiger charge is 2.43. The summed E-state index contributed by atoms with van der Waals surface area (Å²) < 4.78 is 24.8. The highest BCUT2D eigenvalue weighted by molar-refractivity contribution is 6.46. The first-order chi connectivity index (χ1) is 15.8. The molecule has 0 bridgehead atoms. The lowest BCUT2D eigenvalue weighted by Crippen LogP contribution is -2.48. The number of hydrogen-bond donors (Lipinski definition) is 1. The minimum absolute atomic E-state index is 0.0642. The van der Waals surface area contributed by atoms with Crippen LogP contribution in [0.3, 0.4) is 0 Å². The molecular formula is C24H28ClFN4O3. The molecule has 1 unspecified atom stereocenters. The molecule has 9 heteroatoms. The van der Waals surface area contributed by atoms with E-state index in [0.29, 0.717) is 61.2 Å². The number of halogens is 2. The van der Waals surface area contributed by atoms with Gasteiger partial charge in [0.25, 0.3) is 0 Å². The molecule has 33 heavy (non-hydrogen) atoms. The highest BCUT2D eigenvalue weighted by Crippen LogP contribution is 2.39. The Hall–Kier alpha value is -2.81. The van der Waals surface area contributed by atoms with E-state index >= 15 is 0 Å². The Morgan fingerprint density at radius 3 is 2.76 bits per heavy atom. The summed E-state index contributed by atoms with van der Waals surface area (Å²) in [5, 5.41) is 3.20. The number of nitrogens with zero attached hydrogens (tertiary/aromatic N) is 3. The zero-order chi connectivity index (χ0) is 24.0. The minimum atomic E-state index is -1.23. The predicted molar refractivity (Wildman–Crippen MR) is 128 cm³/mol. The van der Waals surface area contributed by atoms with Gasteiger partial charge in [-0.05, 0) is 37.6 Å². The van der Waals surface area contributed by atoms with Crippen molar-refractivity contribution in [3.8, 4) is 0 Å². The number of aliphatic imine (C=N–C) groups is 2. The average molecular weight is 475 g/mol. The number of carbonyl (C=O) groups is 1. The van der Waals surface area contributed by atoms with Crippen LogP contribution in [0.5, 0.6) is 0 Å². The third kappa shape index (κ3) is 5.40. The van der Waals surface area contributed by atoms with Crippen molar-refractivity contribution >= 4 is 29.1 Å². The second-order valence-electron chi connectivity index (χ2n) is 7.65. The van der Waals surface area contributed by atoms with Crippen LogP contribution in [0.15, 0.2) is 64.9 Å². The molecule has 2 heterocycles. The second-order valence-corrected chi connectivity index (χ2v) is 8.06. The molecule has 1 N–H and O–H groups in total. The second kappa shape index (κ2) is 10.9. The zero-order valence-corrected chi connectivity index (χ0v) is 19.6. The molecule has 0 radical (unpaired) electrons. The first-order valence-corrected chi connectivity index (χ1v) is 11.1. The van der Waals surface area contributed by atoms with Crippen LogP contribution in [0.2, 0.25) is 5.02 Å². The number of benzene rings is 1. The van der Waals surface area contributed by atoms with E-state index < -0.39 is 17.3 Å². The van der Waals surface area contributed by atoms with Gasteiger partial charge in [-0.1, -0.05) is 30.8 Å². The molecule has 0 aromatic heterocycles. The van der Waals surface area contributed by atoms with Crippen LogP contribution in [0.4, 0.5) is 4.39 Å². The standard InChI is InChI=1S/C24H28ClFN4O3/c1-5-19(27-6-2)22-28-20(15-30-10-12-32-13-11-30)21(23(31)33-7-3)24(4,29-22)16-8-9-18(26)17(25)14-16/h5-6,8-9,14H,1-2,7,10-13,15H2,3-4H3,(H,28,29). The van der Waals surface area contributed by atoms with Crippen LogP contribution in [0.25, 0.3) is 0 Å². The Bertz CT molecular complexity index is 1030. The third-order valence-corrected chi connectivity index (χ3v) is 5.80. The van der Waals surface area contributed by atoms with Crippen LogP contribution in [0, 0.1) is 5.82 Å². The van der Waals surface area contributed by atoms with E-state index in [2.05, 4.69) is 28.4 Å². The lowest BCUT2D eigenvalue weighted by molar-refractivity contribution is -0.139. The van der Waals surface area contributed by atoms with E-state index in [0.717, 1.165) is 0 Å². The van der Waals surface area contributed by atoms with Gasteiger partial charge in [-0.15, -0.1) is 0 Å². The number of hydrogen-bond acceptors (Lipinski definition) is 7. The number of nitrogens with one attached hydrogen (secondary N) is 1. The summed E-state index contributed by atoms with van der Waals surface area (Å²) in [5.41, 5.74) is 0.701. The van der Waals surface area contributed by atoms with Gasteiger partial charge in [-0.25, -0.2) is 14.2 Å². The highest BCUT2D eigenvalue weighted by atomic mass is 35.5. The molecule has 1 fully saturated rings. The normalized spacial score (nSPS) is 21.8. The van der Waals surface area contributed by atoms with Gasteiger partial charge in [-0.2, -0.15) is 0 Å². The van der Waals surface area contributed by atoms with Crippen LogP contribution in [-0.4, -0.2) is 61.9 Å². The van der Waals surface area contributed by atoms with Gasteiger partial charge in [0.15, 0.2) is 5.84 Å². The summed E-state index contributed by atoms with van der Waals surface area (Å²) in [4.78, 5) is 24.5. The molecular weight excluding hydrogens is 447 g/mol. The largest absolute Gasteiger partial charge is 0.463 e. The summed E-state index contributed by atoms with van der Waals surface area (Å²) in [7, 11) is 0. The molecule has 1 saturated heterocycles. The Morgan fingerprint density at radius 1 is 1.42 bits per heavy atom. The van der Waals surface area contributed by atoms with Crippen LogP contribution in [-0.2, 0) is 19.8 Å². The van der Waals surface area contributed by atoms with Crippen LogP contribution < -0.4 is 5.32 Å². The molecule has 3 rings (SSSR count). The molecule has 1 atom stereocenters. The van der Waals surface area contributed by atoms with Crippen LogP contribution in [0.1, 0.15) is 19.4 Å². The van der Waals surface area contributed by atoms with Gasteiger partial charge in [0.05, 0.1) is 30.4 Å². The predicted octanol–water partition coefficient (Wildman–Crippen LogP) is 3.62. The molecule has 2 aliphatic heterocycles. The molecule has 0 amide bonds. The van der Waals surface area contributed by atoms with Gasteiger partial charge < -0.3 is 14.8 Å². The van der Waals surface area contributed by atoms with Gasteiger partial charge in [0.2, 0.25) is 0 Å². The first kappa shape index (κ1) is 24.8. The van der Waals surface area contributed by atoms with Crippen molar-refractivity contribution in [3.05, 3.63) is 71.3 Å². The summed E-state index contributed by atoms with van der Waals surface area (Å²) >= 11 is 6.10. The quantitative estimate of drug-likeness (QED) is 0.460. The van der Waals surface area contributed by atoms with Crippen molar-refractivity contribution in [1.29, 1.82) is 0 Å². The number of rotatable bonds is 8. The van der Waals surface area contributed by atoms with Crippen molar-refractivity contribution in [1.82, 2.24) is 10.2 Å². The maximum atomic E-state index is 14.0. The molecule has 176 valence electrons. The average Bonchev–Trinajstić information content (AvgIpc) is 2.79. The Balaban J connectivity index is 2.22. The summed E-state index contributed by atoms with van der Waals surface area (Å²) in [6.07, 6.45) is 2.94. The minimum Gasteiger partial charge on any atom is -0.463 e. The topological polar surface area (TPSA) is 75.5 Å². The molecule has 0 saturated carbocycles. The van der Waals surface area contributed by atoms with Gasteiger partial charge in [-0.3, -0.25) is 9.89 Å². The third-order valence-electron chi connectivity index (χ3n) is 5.51. The van der Waals surface area contributed by atoms with Crippen molar-refractivity contribution in [3.63, 3.8) is 0 Å². The zero-order valence-electron chi connectivity index (χ0n) is 18.9. The smallest absolute Gasteiger partial charge is 0.338 e. The molecule has 1 aromatic rings. The summed E-state index contributed by atoms with van der Waals surface area (Å²) in [6, 6.07) is 4.31. The van der Waals surface area contributed by atoms with E-state index in [9.17, 15) is 9.18 Å². The number of esters is 1. The van der Waals surface area contributed by atoms with Gasteiger partial charge >= 0.3 is 5.97 Å². The Morgan fingerprint density at radius 2 is 2.15 bits per heavy atom. The number of ether oxygens (including phenoxy) is 2. The monoisotopic (exact) mass is 474 g/mol. The molecule has 0 spiro atoms. The van der Waals surface area contributed by atoms with Gasteiger partial charge in [0, 0.05) is 31.5 Å². The van der Waals surface area contributed by atoms with Crippen molar-refractivity contribution in [2.24, 2.45) is 9.98 Å². The lowest BCUT2D eigenvalue weighted by Gasteiger charge is -2.37. The van der Waals surface area contributed by atoms with E-state index in [1.165, 1.54) is 18.3 Å². The fraction of sp³-hybridized carbons (Fsp3) is 0.375. The van der Waals surface area contributed by atoms with E-state index in [1.54, 1.807) is 26.0 Å². The van der Waals surface area contributed by atoms with Crippen molar-refractivity contribution < 1.29 is 18.7 Å². The summed E-state index contributed by atoms with van der Waals surface area (Å²) in [6.45, 7) is 14.2. The number of amidine groups is 1. The lowest BCUT2D eigenvalue weighted by atomic mass is 9.82. The van der Waals surface area contributed by atoms with Crippen LogP contribution >= 0.6 is 11.6 Å². The maximum absolute atomic E-state index is 14.0. The Labute approximate surface area is 198 Å². The van der Waals surface area contributed by atoms with E-state index in [1.807, 2.05) is 0 Å². The van der Waals surface area contributed by atoms with Crippen molar-refractivity contribution in [2.75, 3.05) is 39.5 Å². The first-order valence-electron chi connectivity index (χ1n) is 10.7. The van der Waals surface area contributed by atoms with E-state index in [4.69, 9.17) is 26.1 Å². The SMILES string of the molecule is C=CN=C(C=C)C1=NC(C)(c2ccc(F)c(Cl)c2)C(C(=O)OCC)=C(CN2CCOCC2)N1. The molecule has 7 nitrogen and oxygen atoms in total. The summed E-state index contributed by atoms with van der Waals surface area (Å²) in [5.74, 6) is -0.665. The number of morpholine rings is 1. The Kier molecular flexibility index (Phi) is 8.18. The number of carbonyl (C=O) groups excluding carboxylic acids is 1. The van der Waals surface area contributed by atoms with Gasteiger partial charge in [0.1, 0.15) is 17.1 Å². The fourth-order valence-corrected chi connectivity index (χ4v) is 4.05.